The first-order chi connectivity index (χ1) is 11.0. The number of aryl methyl sites for hydroxylation is 1. The van der Waals surface area contributed by atoms with Crippen LogP contribution < -0.4 is 4.72 Å². The molecule has 0 radical (unpaired) electrons. The highest BCUT2D eigenvalue weighted by molar-refractivity contribution is 7.92. The lowest BCUT2D eigenvalue weighted by atomic mass is 10.2. The molecule has 0 amide bonds. The molecule has 23 heavy (non-hydrogen) atoms. The van der Waals surface area contributed by atoms with Crippen LogP contribution in [-0.4, -0.2) is 23.0 Å². The van der Waals surface area contributed by atoms with Crippen LogP contribution in [0.4, 0.5) is 5.69 Å². The molecule has 3 aromatic rings. The lowest BCUT2D eigenvalue weighted by Gasteiger charge is -2.10. The maximum absolute atomic E-state index is 12.4. The molecule has 0 bridgehead atoms. The molecular formula is C15H13ClN4O2S. The van der Waals surface area contributed by atoms with E-state index in [4.69, 9.17) is 11.6 Å². The number of benzene rings is 1. The van der Waals surface area contributed by atoms with Crippen molar-refractivity contribution < 1.29 is 8.42 Å². The summed E-state index contributed by atoms with van der Waals surface area (Å²) in [5, 5.41) is 0.181. The normalized spacial score (nSPS) is 11.4. The van der Waals surface area contributed by atoms with Gasteiger partial charge in [-0.2, -0.15) is 0 Å². The molecule has 0 spiro atoms. The van der Waals surface area contributed by atoms with E-state index < -0.39 is 10.0 Å². The first-order valence-corrected chi connectivity index (χ1v) is 8.55. The third-order valence-electron chi connectivity index (χ3n) is 3.15. The van der Waals surface area contributed by atoms with Crippen LogP contribution >= 0.6 is 11.6 Å². The number of aromatic nitrogens is 3. The van der Waals surface area contributed by atoms with E-state index in [9.17, 15) is 8.42 Å². The zero-order chi connectivity index (χ0) is 16.4. The number of rotatable bonds is 4. The van der Waals surface area contributed by atoms with E-state index in [1.807, 2.05) is 6.92 Å². The first-order valence-electron chi connectivity index (χ1n) is 6.69. The predicted octanol–water partition coefficient (Wildman–Crippen LogP) is 3.03. The van der Waals surface area contributed by atoms with Crippen molar-refractivity contribution in [3.8, 4) is 5.82 Å². The van der Waals surface area contributed by atoms with Crippen LogP contribution in [0.25, 0.3) is 5.82 Å². The second-order valence-corrected chi connectivity index (χ2v) is 6.97. The van der Waals surface area contributed by atoms with Gasteiger partial charge in [-0.1, -0.05) is 17.7 Å². The Morgan fingerprint density at radius 2 is 2.04 bits per heavy atom. The molecule has 0 atom stereocenters. The van der Waals surface area contributed by atoms with Crippen molar-refractivity contribution in [2.45, 2.75) is 11.8 Å². The quantitative estimate of drug-likeness (QED) is 0.786. The summed E-state index contributed by atoms with van der Waals surface area (Å²) in [6.45, 7) is 1.84. The third kappa shape index (κ3) is 3.35. The Morgan fingerprint density at radius 3 is 2.65 bits per heavy atom. The number of nitrogens with zero attached hydrogens (tertiary/aromatic N) is 3. The third-order valence-corrected chi connectivity index (χ3v) is 5.01. The van der Waals surface area contributed by atoms with Gasteiger partial charge in [0.05, 0.1) is 16.9 Å². The number of anilines is 1. The van der Waals surface area contributed by atoms with Gasteiger partial charge in [-0.3, -0.25) is 9.29 Å². The summed E-state index contributed by atoms with van der Waals surface area (Å²) in [7, 11) is -3.77. The van der Waals surface area contributed by atoms with Gasteiger partial charge in [-0.05, 0) is 36.8 Å². The molecule has 0 aliphatic carbocycles. The number of halogens is 1. The number of hydrogen-bond donors (Lipinski definition) is 1. The fourth-order valence-electron chi connectivity index (χ4n) is 2.03. The van der Waals surface area contributed by atoms with Crippen LogP contribution in [0.3, 0.4) is 0 Å². The van der Waals surface area contributed by atoms with Crippen molar-refractivity contribution in [2.24, 2.45) is 0 Å². The molecule has 0 saturated carbocycles. The van der Waals surface area contributed by atoms with Gasteiger partial charge in [0.2, 0.25) is 0 Å². The van der Waals surface area contributed by atoms with E-state index in [2.05, 4.69) is 14.7 Å². The highest BCUT2D eigenvalue weighted by Crippen LogP contribution is 2.24. The minimum absolute atomic E-state index is 0.0310. The molecule has 2 aromatic heterocycles. The molecule has 0 aliphatic rings. The smallest absolute Gasteiger partial charge is 0.263 e. The maximum Gasteiger partial charge on any atom is 0.263 e. The van der Waals surface area contributed by atoms with E-state index in [0.29, 0.717) is 11.5 Å². The Labute approximate surface area is 138 Å². The molecule has 1 aromatic carbocycles. The van der Waals surface area contributed by atoms with E-state index in [0.717, 1.165) is 5.56 Å². The Bertz CT molecular complexity index is 923. The van der Waals surface area contributed by atoms with Crippen LogP contribution in [0.5, 0.6) is 0 Å². The van der Waals surface area contributed by atoms with Crippen LogP contribution in [0.1, 0.15) is 5.56 Å². The first kappa shape index (κ1) is 15.5. The number of hydrogen-bond acceptors (Lipinski definition) is 4. The van der Waals surface area contributed by atoms with Gasteiger partial charge in [0.1, 0.15) is 17.0 Å². The largest absolute Gasteiger partial charge is 0.291 e. The second kappa shape index (κ2) is 6.02. The van der Waals surface area contributed by atoms with Crippen molar-refractivity contribution in [2.75, 3.05) is 4.72 Å². The van der Waals surface area contributed by atoms with Gasteiger partial charge >= 0.3 is 0 Å². The number of pyridine rings is 1. The van der Waals surface area contributed by atoms with Crippen LogP contribution in [0.2, 0.25) is 5.02 Å². The molecule has 6 nitrogen and oxygen atoms in total. The average Bonchev–Trinajstić information content (AvgIpc) is 3.01. The van der Waals surface area contributed by atoms with Crippen molar-refractivity contribution in [1.29, 1.82) is 0 Å². The lowest BCUT2D eigenvalue weighted by molar-refractivity contribution is 0.601. The molecule has 3 rings (SSSR count). The van der Waals surface area contributed by atoms with E-state index >= 15 is 0 Å². The molecule has 0 saturated heterocycles. The molecule has 0 aliphatic heterocycles. The topological polar surface area (TPSA) is 76.9 Å². The minimum atomic E-state index is -3.77. The molecule has 0 fully saturated rings. The second-order valence-electron chi connectivity index (χ2n) is 4.91. The Hall–Kier alpha value is -2.38. The Morgan fingerprint density at radius 1 is 1.22 bits per heavy atom. The lowest BCUT2D eigenvalue weighted by Crippen LogP contribution is -2.13. The van der Waals surface area contributed by atoms with Crippen LogP contribution in [0.15, 0.2) is 60.1 Å². The van der Waals surface area contributed by atoms with Crippen molar-refractivity contribution in [3.05, 3.63) is 65.8 Å². The number of nitrogens with one attached hydrogen (secondary N) is 1. The van der Waals surface area contributed by atoms with Crippen molar-refractivity contribution in [1.82, 2.24) is 14.5 Å². The standard InChI is InChI=1S/C15H13ClN4O2S/c1-11-2-4-14(13(16)8-11)23(21,22)19-12-3-5-15(18-9-12)20-7-6-17-10-20/h2-10,19H,1H3. The monoisotopic (exact) mass is 348 g/mol. The van der Waals surface area contributed by atoms with Crippen LogP contribution in [-0.2, 0) is 10.0 Å². The van der Waals surface area contributed by atoms with Gasteiger partial charge in [-0.15, -0.1) is 0 Å². The summed E-state index contributed by atoms with van der Waals surface area (Å²) in [5.74, 6) is 0.638. The van der Waals surface area contributed by atoms with E-state index in [1.165, 1.54) is 12.3 Å². The van der Waals surface area contributed by atoms with Crippen molar-refractivity contribution in [3.63, 3.8) is 0 Å². The average molecular weight is 349 g/mol. The fraction of sp³-hybridized carbons (Fsp3) is 0.0667. The molecule has 1 N–H and O–H groups in total. The summed E-state index contributed by atoms with van der Waals surface area (Å²) in [5.41, 5.74) is 1.24. The van der Waals surface area contributed by atoms with E-state index in [1.54, 1.807) is 47.6 Å². The summed E-state index contributed by atoms with van der Waals surface area (Å²) in [6.07, 6.45) is 6.43. The highest BCUT2D eigenvalue weighted by atomic mass is 35.5. The zero-order valence-electron chi connectivity index (χ0n) is 12.1. The summed E-state index contributed by atoms with van der Waals surface area (Å²) >= 11 is 6.03. The van der Waals surface area contributed by atoms with E-state index in [-0.39, 0.29) is 9.92 Å². The number of imidazole rings is 1. The highest BCUT2D eigenvalue weighted by Gasteiger charge is 2.18. The molecule has 2 heterocycles. The predicted molar refractivity (Wildman–Crippen MR) is 88.4 cm³/mol. The maximum atomic E-state index is 12.4. The summed E-state index contributed by atoms with van der Waals surface area (Å²) in [6, 6.07) is 8.10. The Kier molecular flexibility index (Phi) is 4.06. The fourth-order valence-corrected chi connectivity index (χ4v) is 3.67. The van der Waals surface area contributed by atoms with Gasteiger partial charge in [0, 0.05) is 12.4 Å². The summed E-state index contributed by atoms with van der Waals surface area (Å²) in [4.78, 5) is 8.16. The number of sulfonamides is 1. The van der Waals surface area contributed by atoms with Crippen LogP contribution in [0, 0.1) is 6.92 Å². The summed E-state index contributed by atoms with van der Waals surface area (Å²) < 4.78 is 29.0. The van der Waals surface area contributed by atoms with Gasteiger partial charge in [-0.25, -0.2) is 18.4 Å². The molecule has 8 heteroatoms. The van der Waals surface area contributed by atoms with Gasteiger partial charge in [0.25, 0.3) is 10.0 Å². The minimum Gasteiger partial charge on any atom is -0.291 e. The van der Waals surface area contributed by atoms with Crippen molar-refractivity contribution >= 4 is 27.3 Å². The molecular weight excluding hydrogens is 336 g/mol. The SMILES string of the molecule is Cc1ccc(S(=O)(=O)Nc2ccc(-n3ccnc3)nc2)c(Cl)c1. The zero-order valence-corrected chi connectivity index (χ0v) is 13.7. The Balaban J connectivity index is 1.86. The van der Waals surface area contributed by atoms with Gasteiger partial charge < -0.3 is 0 Å². The van der Waals surface area contributed by atoms with Gasteiger partial charge in [0.15, 0.2) is 0 Å². The molecule has 0 unspecified atom stereocenters. The molecule has 118 valence electrons.